The van der Waals surface area contributed by atoms with Gasteiger partial charge >= 0.3 is 5.97 Å². The molecule has 0 aliphatic carbocycles. The Balaban J connectivity index is 2.12. The summed E-state index contributed by atoms with van der Waals surface area (Å²) in [7, 11) is 1.58. The van der Waals surface area contributed by atoms with Crippen molar-refractivity contribution in [1.82, 2.24) is 4.90 Å². The highest BCUT2D eigenvalue weighted by atomic mass is 19.1. The minimum absolute atomic E-state index is 0.228. The third kappa shape index (κ3) is 3.84. The summed E-state index contributed by atoms with van der Waals surface area (Å²) in [5.41, 5.74) is 0.861. The summed E-state index contributed by atoms with van der Waals surface area (Å²) in [6.07, 6.45) is 1.95. The van der Waals surface area contributed by atoms with Gasteiger partial charge in [0.25, 0.3) is 0 Å². The van der Waals surface area contributed by atoms with E-state index in [4.69, 9.17) is 4.74 Å². The fourth-order valence-corrected chi connectivity index (χ4v) is 3.21. The van der Waals surface area contributed by atoms with Gasteiger partial charge in [0.05, 0.1) is 5.41 Å². The van der Waals surface area contributed by atoms with Crippen LogP contribution in [0.3, 0.4) is 0 Å². The van der Waals surface area contributed by atoms with Crippen molar-refractivity contribution in [2.24, 2.45) is 5.41 Å². The molecule has 1 aliphatic heterocycles. The van der Waals surface area contributed by atoms with Gasteiger partial charge in [-0.1, -0.05) is 17.7 Å². The molecule has 1 heterocycles. The Morgan fingerprint density at radius 2 is 2.27 bits per heavy atom. The fraction of sp³-hybridized carbons (Fsp3) is 0.588. The number of rotatable bonds is 6. The molecule has 0 aromatic heterocycles. The van der Waals surface area contributed by atoms with E-state index in [-0.39, 0.29) is 5.82 Å². The highest BCUT2D eigenvalue weighted by Crippen LogP contribution is 2.34. The molecule has 1 atom stereocenters. The Morgan fingerprint density at radius 1 is 1.50 bits per heavy atom. The molecule has 122 valence electrons. The zero-order valence-corrected chi connectivity index (χ0v) is 13.3. The minimum atomic E-state index is -0.783. The predicted molar refractivity (Wildman–Crippen MR) is 82.2 cm³/mol. The van der Waals surface area contributed by atoms with Crippen molar-refractivity contribution in [3.8, 4) is 0 Å². The summed E-state index contributed by atoms with van der Waals surface area (Å²) in [6.45, 7) is 4.06. The van der Waals surface area contributed by atoms with Gasteiger partial charge in [0, 0.05) is 32.4 Å². The number of piperidine rings is 1. The van der Waals surface area contributed by atoms with Crippen molar-refractivity contribution < 1.29 is 19.0 Å². The Labute approximate surface area is 130 Å². The van der Waals surface area contributed by atoms with Crippen molar-refractivity contribution in [1.29, 1.82) is 0 Å². The summed E-state index contributed by atoms with van der Waals surface area (Å²) in [6, 6.07) is 5.06. The van der Waals surface area contributed by atoms with Gasteiger partial charge in [-0.3, -0.25) is 9.69 Å². The van der Waals surface area contributed by atoms with Gasteiger partial charge in [-0.25, -0.2) is 4.39 Å². The molecule has 1 aliphatic rings. The molecule has 1 aromatic carbocycles. The number of hydrogen-bond acceptors (Lipinski definition) is 3. The summed E-state index contributed by atoms with van der Waals surface area (Å²) >= 11 is 0. The van der Waals surface area contributed by atoms with E-state index in [9.17, 15) is 14.3 Å². The summed E-state index contributed by atoms with van der Waals surface area (Å²) < 4.78 is 19.0. The Hall–Kier alpha value is -1.46. The first kappa shape index (κ1) is 16.9. The number of carboxylic acid groups (broad SMARTS) is 1. The standard InChI is InChI=1S/C17H24FNO3/c1-13-4-5-15(18)14(10-13)11-19-8-3-6-17(12-19,16(20)21)7-9-22-2/h4-5,10H,3,6-9,11-12H2,1-2H3,(H,20,21)/t17-/m0/s1. The molecule has 0 amide bonds. The van der Waals surface area contributed by atoms with Gasteiger partial charge in [0.15, 0.2) is 0 Å². The number of halogens is 1. The lowest BCUT2D eigenvalue weighted by Gasteiger charge is -2.40. The lowest BCUT2D eigenvalue weighted by molar-refractivity contribution is -0.154. The van der Waals surface area contributed by atoms with E-state index < -0.39 is 11.4 Å². The Bertz CT molecular complexity index is 535. The molecular weight excluding hydrogens is 285 g/mol. The van der Waals surface area contributed by atoms with Crippen LogP contribution in [0.4, 0.5) is 4.39 Å². The minimum Gasteiger partial charge on any atom is -0.481 e. The molecule has 5 heteroatoms. The fourth-order valence-electron chi connectivity index (χ4n) is 3.21. The third-order valence-corrected chi connectivity index (χ3v) is 4.49. The monoisotopic (exact) mass is 309 g/mol. The number of benzene rings is 1. The zero-order chi connectivity index (χ0) is 16.2. The predicted octanol–water partition coefficient (Wildman–Crippen LogP) is 2.84. The molecule has 1 saturated heterocycles. The number of methoxy groups -OCH3 is 1. The molecule has 0 saturated carbocycles. The highest BCUT2D eigenvalue weighted by Gasteiger charge is 2.42. The van der Waals surface area contributed by atoms with Crippen LogP contribution in [0, 0.1) is 18.2 Å². The average Bonchev–Trinajstić information content (AvgIpc) is 2.49. The van der Waals surface area contributed by atoms with Crippen LogP contribution in [0.1, 0.15) is 30.4 Å². The van der Waals surface area contributed by atoms with E-state index in [0.717, 1.165) is 18.5 Å². The molecule has 2 rings (SSSR count). The lowest BCUT2D eigenvalue weighted by Crippen LogP contribution is -2.48. The van der Waals surface area contributed by atoms with Gasteiger partial charge in [0.2, 0.25) is 0 Å². The van der Waals surface area contributed by atoms with Crippen molar-refractivity contribution >= 4 is 5.97 Å². The van der Waals surface area contributed by atoms with Crippen LogP contribution in [-0.4, -0.2) is 42.8 Å². The molecular formula is C17H24FNO3. The topological polar surface area (TPSA) is 49.8 Å². The van der Waals surface area contributed by atoms with E-state index >= 15 is 0 Å². The highest BCUT2D eigenvalue weighted by molar-refractivity contribution is 5.75. The number of hydrogen-bond donors (Lipinski definition) is 1. The van der Waals surface area contributed by atoms with Gasteiger partial charge in [-0.15, -0.1) is 0 Å². The molecule has 1 aromatic rings. The quantitative estimate of drug-likeness (QED) is 0.878. The number of nitrogens with zero attached hydrogens (tertiary/aromatic N) is 1. The smallest absolute Gasteiger partial charge is 0.311 e. The molecule has 0 radical (unpaired) electrons. The van der Waals surface area contributed by atoms with E-state index in [1.807, 2.05) is 17.9 Å². The summed E-state index contributed by atoms with van der Waals surface area (Å²) in [5.74, 6) is -1.01. The molecule has 0 unspecified atom stereocenters. The molecule has 1 N–H and O–H groups in total. The second-order valence-corrected chi connectivity index (χ2v) is 6.24. The second-order valence-electron chi connectivity index (χ2n) is 6.24. The molecule has 22 heavy (non-hydrogen) atoms. The largest absolute Gasteiger partial charge is 0.481 e. The van der Waals surface area contributed by atoms with Crippen LogP contribution in [-0.2, 0) is 16.1 Å². The number of aliphatic carboxylic acids is 1. The van der Waals surface area contributed by atoms with Crippen molar-refractivity contribution in [2.45, 2.75) is 32.7 Å². The normalized spacial score (nSPS) is 22.7. The van der Waals surface area contributed by atoms with Crippen LogP contribution in [0.25, 0.3) is 0 Å². The SMILES string of the molecule is COCC[C@@]1(C(=O)O)CCCN(Cc2cc(C)ccc2F)C1. The van der Waals surface area contributed by atoms with Crippen LogP contribution in [0.15, 0.2) is 18.2 Å². The zero-order valence-electron chi connectivity index (χ0n) is 13.3. The van der Waals surface area contributed by atoms with E-state index in [2.05, 4.69) is 0 Å². The van der Waals surface area contributed by atoms with Gasteiger partial charge in [-0.05, 0) is 38.8 Å². The van der Waals surface area contributed by atoms with Gasteiger partial charge < -0.3 is 9.84 Å². The Morgan fingerprint density at radius 3 is 2.95 bits per heavy atom. The molecule has 0 spiro atoms. The number of carbonyl (C=O) groups is 1. The maximum Gasteiger partial charge on any atom is 0.311 e. The van der Waals surface area contributed by atoms with Crippen molar-refractivity contribution in [2.75, 3.05) is 26.8 Å². The van der Waals surface area contributed by atoms with E-state index in [1.54, 1.807) is 13.2 Å². The molecule has 1 fully saturated rings. The maximum atomic E-state index is 13.9. The lowest BCUT2D eigenvalue weighted by atomic mass is 9.77. The third-order valence-electron chi connectivity index (χ3n) is 4.49. The maximum absolute atomic E-state index is 13.9. The van der Waals surface area contributed by atoms with Crippen LogP contribution in [0.5, 0.6) is 0 Å². The first-order chi connectivity index (χ1) is 10.5. The van der Waals surface area contributed by atoms with E-state index in [1.165, 1.54) is 6.07 Å². The molecule has 4 nitrogen and oxygen atoms in total. The number of ether oxygens (including phenoxy) is 1. The number of carboxylic acids is 1. The van der Waals surface area contributed by atoms with Crippen molar-refractivity contribution in [3.05, 3.63) is 35.1 Å². The summed E-state index contributed by atoms with van der Waals surface area (Å²) in [4.78, 5) is 13.8. The molecule has 0 bridgehead atoms. The van der Waals surface area contributed by atoms with Gasteiger partial charge in [-0.2, -0.15) is 0 Å². The van der Waals surface area contributed by atoms with Crippen LogP contribution in [0.2, 0.25) is 0 Å². The first-order valence-corrected chi connectivity index (χ1v) is 7.66. The number of aryl methyl sites for hydroxylation is 1. The second kappa shape index (κ2) is 7.20. The Kier molecular flexibility index (Phi) is 5.53. The van der Waals surface area contributed by atoms with E-state index in [0.29, 0.717) is 38.1 Å². The first-order valence-electron chi connectivity index (χ1n) is 7.66. The average molecular weight is 309 g/mol. The number of likely N-dealkylation sites (tertiary alicyclic amines) is 1. The van der Waals surface area contributed by atoms with Crippen LogP contribution >= 0.6 is 0 Å². The van der Waals surface area contributed by atoms with Gasteiger partial charge in [0.1, 0.15) is 5.82 Å². The van der Waals surface area contributed by atoms with Crippen molar-refractivity contribution in [3.63, 3.8) is 0 Å². The van der Waals surface area contributed by atoms with Crippen LogP contribution < -0.4 is 0 Å². The summed E-state index contributed by atoms with van der Waals surface area (Å²) in [5, 5.41) is 9.64.